The number of benzene rings is 1. The number of nitrogens with two attached hydrogens (primary N) is 1. The summed E-state index contributed by atoms with van der Waals surface area (Å²) in [5, 5.41) is 24.6. The fourth-order valence-electron chi connectivity index (χ4n) is 3.89. The molecule has 0 bridgehead atoms. The third-order valence-corrected chi connectivity index (χ3v) is 5.69. The standard InChI is InChI=1S/C20H24N6O7/c1-32-12-5-3-2-4-11(12)18(30)24-6-8-25(9-7-24)19(31)15-13(27)14(28)20(33-15)26-10-22-17(23-26)16(21)29/h2-5,10,13-15,20,27-28H,6-9H2,1H3,(H2,21,29)/t13-,14+,15-,20+/m0/s1. The lowest BCUT2D eigenvalue weighted by Crippen LogP contribution is -2.54. The van der Waals surface area contributed by atoms with Gasteiger partial charge in [0.15, 0.2) is 12.3 Å². The summed E-state index contributed by atoms with van der Waals surface area (Å²) in [5.41, 5.74) is 5.55. The topological polar surface area (TPSA) is 173 Å². The lowest BCUT2D eigenvalue weighted by atomic mass is 10.1. The van der Waals surface area contributed by atoms with E-state index in [1.165, 1.54) is 12.0 Å². The number of nitrogens with zero attached hydrogens (tertiary/aromatic N) is 5. The lowest BCUT2D eigenvalue weighted by molar-refractivity contribution is -0.150. The number of aromatic nitrogens is 3. The van der Waals surface area contributed by atoms with Gasteiger partial charge in [-0.15, -0.1) is 5.10 Å². The van der Waals surface area contributed by atoms with E-state index in [1.807, 2.05) is 0 Å². The van der Waals surface area contributed by atoms with E-state index in [2.05, 4.69) is 10.1 Å². The predicted octanol–water partition coefficient (Wildman–Crippen LogP) is -2.01. The summed E-state index contributed by atoms with van der Waals surface area (Å²) in [7, 11) is 1.49. The highest BCUT2D eigenvalue weighted by molar-refractivity contribution is 5.97. The zero-order valence-corrected chi connectivity index (χ0v) is 17.8. The first-order valence-electron chi connectivity index (χ1n) is 10.3. The number of aliphatic hydroxyl groups is 2. The van der Waals surface area contributed by atoms with Gasteiger partial charge in [-0.3, -0.25) is 14.4 Å². The van der Waals surface area contributed by atoms with Crippen molar-refractivity contribution in [2.75, 3.05) is 33.3 Å². The lowest BCUT2D eigenvalue weighted by Gasteiger charge is -2.36. The van der Waals surface area contributed by atoms with E-state index in [-0.39, 0.29) is 37.9 Å². The first-order valence-corrected chi connectivity index (χ1v) is 10.3. The molecule has 0 spiro atoms. The predicted molar refractivity (Wildman–Crippen MR) is 110 cm³/mol. The number of para-hydroxylation sites is 1. The normalized spacial score (nSPS) is 25.2. The molecule has 33 heavy (non-hydrogen) atoms. The van der Waals surface area contributed by atoms with Gasteiger partial charge >= 0.3 is 0 Å². The van der Waals surface area contributed by atoms with Gasteiger partial charge in [0.1, 0.15) is 24.3 Å². The molecule has 176 valence electrons. The van der Waals surface area contributed by atoms with Crippen LogP contribution in [0.5, 0.6) is 5.75 Å². The SMILES string of the molecule is COc1ccccc1C(=O)N1CCN(C(=O)[C@H]2O[C@@H](n3cnc(C(N)=O)n3)[C@H](O)[C@@H]2O)CC1. The van der Waals surface area contributed by atoms with Crippen LogP contribution in [0.1, 0.15) is 27.2 Å². The van der Waals surface area contributed by atoms with Crippen molar-refractivity contribution in [3.05, 3.63) is 42.0 Å². The van der Waals surface area contributed by atoms with Crippen molar-refractivity contribution in [3.63, 3.8) is 0 Å². The van der Waals surface area contributed by atoms with Crippen LogP contribution >= 0.6 is 0 Å². The second kappa shape index (κ2) is 9.13. The maximum Gasteiger partial charge on any atom is 0.288 e. The number of carbonyl (C=O) groups is 3. The van der Waals surface area contributed by atoms with Crippen molar-refractivity contribution in [2.45, 2.75) is 24.5 Å². The number of amides is 3. The van der Waals surface area contributed by atoms with Crippen LogP contribution in [-0.2, 0) is 9.53 Å². The van der Waals surface area contributed by atoms with Crippen molar-refractivity contribution < 1.29 is 34.1 Å². The van der Waals surface area contributed by atoms with E-state index >= 15 is 0 Å². The minimum Gasteiger partial charge on any atom is -0.496 e. The number of ether oxygens (including phenoxy) is 2. The summed E-state index contributed by atoms with van der Waals surface area (Å²) in [5.74, 6) is -1.41. The summed E-state index contributed by atoms with van der Waals surface area (Å²) in [6, 6.07) is 6.90. The summed E-state index contributed by atoms with van der Waals surface area (Å²) >= 11 is 0. The molecule has 0 aliphatic carbocycles. The fourth-order valence-corrected chi connectivity index (χ4v) is 3.89. The van der Waals surface area contributed by atoms with E-state index in [0.717, 1.165) is 11.0 Å². The maximum atomic E-state index is 13.0. The maximum absolute atomic E-state index is 13.0. The molecule has 3 heterocycles. The number of methoxy groups -OCH3 is 1. The minimum absolute atomic E-state index is 0.205. The van der Waals surface area contributed by atoms with Gasteiger partial charge in [-0.25, -0.2) is 9.67 Å². The molecular weight excluding hydrogens is 436 g/mol. The molecule has 0 unspecified atom stereocenters. The molecule has 4 rings (SSSR count). The molecule has 13 nitrogen and oxygen atoms in total. The number of hydrogen-bond acceptors (Lipinski definition) is 9. The smallest absolute Gasteiger partial charge is 0.288 e. The van der Waals surface area contributed by atoms with E-state index in [1.54, 1.807) is 29.2 Å². The largest absolute Gasteiger partial charge is 0.496 e. The van der Waals surface area contributed by atoms with Gasteiger partial charge in [0.2, 0.25) is 5.82 Å². The van der Waals surface area contributed by atoms with Crippen LogP contribution in [0.4, 0.5) is 0 Å². The number of hydrogen-bond donors (Lipinski definition) is 3. The van der Waals surface area contributed by atoms with Crippen molar-refractivity contribution in [1.29, 1.82) is 0 Å². The molecule has 2 aliphatic rings. The minimum atomic E-state index is -1.52. The Kier molecular flexibility index (Phi) is 6.26. The molecule has 2 saturated heterocycles. The van der Waals surface area contributed by atoms with Crippen LogP contribution in [0.15, 0.2) is 30.6 Å². The van der Waals surface area contributed by atoms with Crippen LogP contribution < -0.4 is 10.5 Å². The molecule has 3 amide bonds. The number of carbonyl (C=O) groups excluding carboxylic acids is 3. The van der Waals surface area contributed by atoms with Crippen molar-refractivity contribution >= 4 is 17.7 Å². The second-order valence-electron chi connectivity index (χ2n) is 7.66. The Bertz CT molecular complexity index is 1050. The Hall–Kier alpha value is -3.55. The Labute approximate surface area is 188 Å². The first-order chi connectivity index (χ1) is 15.8. The van der Waals surface area contributed by atoms with Crippen LogP contribution in [-0.4, -0.2) is 104 Å². The van der Waals surface area contributed by atoms with Gasteiger partial charge in [-0.2, -0.15) is 0 Å². The van der Waals surface area contributed by atoms with Crippen LogP contribution in [0.2, 0.25) is 0 Å². The highest BCUT2D eigenvalue weighted by atomic mass is 16.6. The highest BCUT2D eigenvalue weighted by Gasteiger charge is 2.49. The average Bonchev–Trinajstić information content (AvgIpc) is 3.44. The van der Waals surface area contributed by atoms with Crippen LogP contribution in [0.3, 0.4) is 0 Å². The van der Waals surface area contributed by atoms with Crippen molar-refractivity contribution in [1.82, 2.24) is 24.6 Å². The van der Waals surface area contributed by atoms with E-state index < -0.39 is 36.4 Å². The Morgan fingerprint density at radius 2 is 1.76 bits per heavy atom. The molecule has 2 aromatic rings. The summed E-state index contributed by atoms with van der Waals surface area (Å²) in [4.78, 5) is 43.8. The summed E-state index contributed by atoms with van der Waals surface area (Å²) < 4.78 is 11.9. The van der Waals surface area contributed by atoms with E-state index in [0.29, 0.717) is 11.3 Å². The van der Waals surface area contributed by atoms with Gasteiger partial charge in [0.25, 0.3) is 17.7 Å². The third kappa shape index (κ3) is 4.25. The van der Waals surface area contributed by atoms with Gasteiger partial charge in [0.05, 0.1) is 12.7 Å². The molecule has 13 heteroatoms. The Morgan fingerprint density at radius 3 is 2.39 bits per heavy atom. The van der Waals surface area contributed by atoms with Crippen LogP contribution in [0, 0.1) is 0 Å². The van der Waals surface area contributed by atoms with Crippen molar-refractivity contribution in [3.8, 4) is 5.75 Å². The molecule has 2 fully saturated rings. The highest BCUT2D eigenvalue weighted by Crippen LogP contribution is 2.30. The molecule has 1 aromatic carbocycles. The number of aliphatic hydroxyl groups excluding tert-OH is 2. The fraction of sp³-hybridized carbons (Fsp3) is 0.450. The molecule has 1 aromatic heterocycles. The quantitative estimate of drug-likeness (QED) is 0.455. The molecule has 0 radical (unpaired) electrons. The Balaban J connectivity index is 1.39. The monoisotopic (exact) mass is 460 g/mol. The number of piperazine rings is 1. The number of rotatable bonds is 5. The molecule has 0 saturated carbocycles. The molecule has 2 aliphatic heterocycles. The van der Waals surface area contributed by atoms with E-state index in [4.69, 9.17) is 15.2 Å². The zero-order valence-electron chi connectivity index (χ0n) is 17.8. The summed E-state index contributed by atoms with van der Waals surface area (Å²) in [6.45, 7) is 1.01. The third-order valence-electron chi connectivity index (χ3n) is 5.69. The van der Waals surface area contributed by atoms with Crippen LogP contribution in [0.25, 0.3) is 0 Å². The molecule has 4 N–H and O–H groups in total. The number of primary amides is 1. The van der Waals surface area contributed by atoms with Gasteiger partial charge < -0.3 is 35.2 Å². The molecule has 4 atom stereocenters. The summed E-state index contributed by atoms with van der Waals surface area (Å²) in [6.07, 6.45) is -4.44. The van der Waals surface area contributed by atoms with Crippen molar-refractivity contribution in [2.24, 2.45) is 5.73 Å². The average molecular weight is 460 g/mol. The zero-order chi connectivity index (χ0) is 23.7. The van der Waals surface area contributed by atoms with Gasteiger partial charge in [-0.05, 0) is 12.1 Å². The Morgan fingerprint density at radius 1 is 1.09 bits per heavy atom. The van der Waals surface area contributed by atoms with Gasteiger partial charge in [0, 0.05) is 26.2 Å². The van der Waals surface area contributed by atoms with Gasteiger partial charge in [-0.1, -0.05) is 12.1 Å². The van der Waals surface area contributed by atoms with E-state index in [9.17, 15) is 24.6 Å². The first kappa shape index (κ1) is 22.6. The molecular formula is C20H24N6O7. The second-order valence-corrected chi connectivity index (χ2v) is 7.66.